The lowest BCUT2D eigenvalue weighted by molar-refractivity contribution is -0.148. The minimum Gasteiger partial charge on any atom is -0.482 e. The second-order valence-corrected chi connectivity index (χ2v) is 6.99. The van der Waals surface area contributed by atoms with Gasteiger partial charge in [-0.3, -0.25) is 0 Å². The number of rotatable bonds is 7. The number of carbonyl (C=O) groups excluding carboxylic acids is 1. The van der Waals surface area contributed by atoms with Gasteiger partial charge in [-0.05, 0) is 55.2 Å². The Hall–Kier alpha value is -3.15. The fourth-order valence-corrected chi connectivity index (χ4v) is 2.92. The highest BCUT2D eigenvalue weighted by atomic mass is 16.6. The molecule has 0 aliphatic heterocycles. The molecule has 0 aliphatic carbocycles. The number of hydrogen-bond acceptors (Lipinski definition) is 6. The number of hydrogen-bond donors (Lipinski definition) is 0. The van der Waals surface area contributed by atoms with Crippen molar-refractivity contribution in [1.82, 2.24) is 10.2 Å². The van der Waals surface area contributed by atoms with Gasteiger partial charge >= 0.3 is 5.97 Å². The van der Waals surface area contributed by atoms with E-state index in [2.05, 4.69) is 24.0 Å². The Balaban J connectivity index is 1.50. The first kappa shape index (κ1) is 19.6. The van der Waals surface area contributed by atoms with E-state index in [0.29, 0.717) is 17.6 Å². The first-order chi connectivity index (χ1) is 13.4. The van der Waals surface area contributed by atoms with Crippen LogP contribution in [0.25, 0.3) is 11.5 Å². The van der Waals surface area contributed by atoms with Crippen LogP contribution in [0.2, 0.25) is 0 Å². The maximum Gasteiger partial charge on any atom is 0.344 e. The van der Waals surface area contributed by atoms with Gasteiger partial charge in [0.15, 0.2) is 13.2 Å². The highest BCUT2D eigenvalue weighted by Crippen LogP contribution is 2.23. The van der Waals surface area contributed by atoms with Crippen LogP contribution in [0.5, 0.6) is 5.75 Å². The fraction of sp³-hybridized carbons (Fsp3) is 0.318. The first-order valence-electron chi connectivity index (χ1n) is 9.21. The SMILES string of the molecule is Cc1cccc(-c2nnc(COC(=O)COc3ccc(C(C)C)c(C)c3)o2)c1. The van der Waals surface area contributed by atoms with Crippen molar-refractivity contribution in [2.75, 3.05) is 6.61 Å². The molecule has 3 rings (SSSR count). The topological polar surface area (TPSA) is 74.5 Å². The molecule has 2 aromatic carbocycles. The van der Waals surface area contributed by atoms with Crippen LogP contribution in [-0.2, 0) is 16.1 Å². The molecule has 0 spiro atoms. The lowest BCUT2D eigenvalue weighted by Crippen LogP contribution is -2.15. The number of esters is 1. The molecule has 1 aromatic heterocycles. The lowest BCUT2D eigenvalue weighted by atomic mass is 9.98. The van der Waals surface area contributed by atoms with E-state index in [1.54, 1.807) is 0 Å². The summed E-state index contributed by atoms with van der Waals surface area (Å²) in [6, 6.07) is 13.5. The second-order valence-electron chi connectivity index (χ2n) is 6.99. The van der Waals surface area contributed by atoms with Crippen molar-refractivity contribution in [3.63, 3.8) is 0 Å². The molecule has 6 nitrogen and oxygen atoms in total. The van der Waals surface area contributed by atoms with E-state index >= 15 is 0 Å². The quantitative estimate of drug-likeness (QED) is 0.558. The van der Waals surface area contributed by atoms with Gasteiger partial charge in [-0.2, -0.15) is 0 Å². The third kappa shape index (κ3) is 4.97. The van der Waals surface area contributed by atoms with Crippen molar-refractivity contribution in [2.24, 2.45) is 0 Å². The Labute approximate surface area is 164 Å². The number of carbonyl (C=O) groups is 1. The molecule has 0 saturated heterocycles. The molecule has 0 radical (unpaired) electrons. The molecular weight excluding hydrogens is 356 g/mol. The minimum atomic E-state index is -0.499. The molecule has 146 valence electrons. The van der Waals surface area contributed by atoms with Crippen molar-refractivity contribution in [2.45, 2.75) is 40.2 Å². The van der Waals surface area contributed by atoms with Gasteiger partial charge in [-0.25, -0.2) is 4.79 Å². The molecule has 3 aromatic rings. The highest BCUT2D eigenvalue weighted by Gasteiger charge is 2.12. The van der Waals surface area contributed by atoms with E-state index in [1.807, 2.05) is 56.3 Å². The predicted molar refractivity (Wildman–Crippen MR) is 105 cm³/mol. The number of benzene rings is 2. The van der Waals surface area contributed by atoms with Crippen LogP contribution in [0.4, 0.5) is 0 Å². The van der Waals surface area contributed by atoms with Gasteiger partial charge < -0.3 is 13.9 Å². The number of nitrogens with zero attached hydrogens (tertiary/aromatic N) is 2. The van der Waals surface area contributed by atoms with Gasteiger partial charge in [0.1, 0.15) is 5.75 Å². The summed E-state index contributed by atoms with van der Waals surface area (Å²) in [7, 11) is 0. The van der Waals surface area contributed by atoms with Gasteiger partial charge in [-0.15, -0.1) is 10.2 Å². The van der Waals surface area contributed by atoms with Crippen LogP contribution in [0.3, 0.4) is 0 Å². The fourth-order valence-electron chi connectivity index (χ4n) is 2.92. The lowest BCUT2D eigenvalue weighted by Gasteiger charge is -2.12. The average molecular weight is 380 g/mol. The normalized spacial score (nSPS) is 10.9. The van der Waals surface area contributed by atoms with Crippen LogP contribution >= 0.6 is 0 Å². The molecule has 0 aliphatic rings. The van der Waals surface area contributed by atoms with Gasteiger partial charge in [0.25, 0.3) is 5.89 Å². The van der Waals surface area contributed by atoms with E-state index in [-0.39, 0.29) is 19.1 Å². The molecule has 0 saturated carbocycles. The van der Waals surface area contributed by atoms with E-state index < -0.39 is 5.97 Å². The van der Waals surface area contributed by atoms with Crippen LogP contribution < -0.4 is 4.74 Å². The third-order valence-corrected chi connectivity index (χ3v) is 4.31. The van der Waals surface area contributed by atoms with E-state index in [9.17, 15) is 4.79 Å². The molecule has 0 N–H and O–H groups in total. The molecule has 0 fully saturated rings. The monoisotopic (exact) mass is 380 g/mol. The second kappa shape index (κ2) is 8.69. The van der Waals surface area contributed by atoms with E-state index in [0.717, 1.165) is 16.7 Å². The van der Waals surface area contributed by atoms with Gasteiger partial charge in [-0.1, -0.05) is 37.6 Å². The summed E-state index contributed by atoms with van der Waals surface area (Å²) in [5, 5.41) is 7.91. The predicted octanol–water partition coefficient (Wildman–Crippen LogP) is 4.60. The van der Waals surface area contributed by atoms with Crippen LogP contribution in [0.15, 0.2) is 46.9 Å². The standard InChI is InChI=1S/C22H24N2O4/c1-14(2)19-9-8-18(11-16(19)4)26-13-21(25)27-12-20-23-24-22(28-20)17-7-5-6-15(3)10-17/h5-11,14H,12-13H2,1-4H3. The Morgan fingerprint density at radius 3 is 2.64 bits per heavy atom. The van der Waals surface area contributed by atoms with Crippen LogP contribution in [-0.4, -0.2) is 22.8 Å². The van der Waals surface area contributed by atoms with Crippen LogP contribution in [0, 0.1) is 13.8 Å². The molecule has 6 heteroatoms. The smallest absolute Gasteiger partial charge is 0.344 e. The molecule has 0 atom stereocenters. The molecular formula is C22H24N2O4. The summed E-state index contributed by atoms with van der Waals surface area (Å²) in [6.07, 6.45) is 0. The molecule has 0 unspecified atom stereocenters. The van der Waals surface area contributed by atoms with Crippen molar-refractivity contribution in [3.05, 3.63) is 65.0 Å². The zero-order valence-corrected chi connectivity index (χ0v) is 16.6. The number of aromatic nitrogens is 2. The van der Waals surface area contributed by atoms with Crippen molar-refractivity contribution in [3.8, 4) is 17.2 Å². The average Bonchev–Trinajstić information content (AvgIpc) is 3.13. The zero-order chi connectivity index (χ0) is 20.1. The molecule has 0 amide bonds. The molecule has 0 bridgehead atoms. The first-order valence-corrected chi connectivity index (χ1v) is 9.21. The Kier molecular flexibility index (Phi) is 6.09. The Bertz CT molecular complexity index is 963. The summed E-state index contributed by atoms with van der Waals surface area (Å²) in [5.74, 6) is 1.21. The Morgan fingerprint density at radius 2 is 1.93 bits per heavy atom. The summed E-state index contributed by atoms with van der Waals surface area (Å²) in [5.41, 5.74) is 4.32. The third-order valence-electron chi connectivity index (χ3n) is 4.31. The zero-order valence-electron chi connectivity index (χ0n) is 16.6. The highest BCUT2D eigenvalue weighted by molar-refractivity contribution is 5.71. The molecule has 28 heavy (non-hydrogen) atoms. The molecule has 1 heterocycles. The van der Waals surface area contributed by atoms with Gasteiger partial charge in [0, 0.05) is 5.56 Å². The summed E-state index contributed by atoms with van der Waals surface area (Å²) < 4.78 is 16.2. The largest absolute Gasteiger partial charge is 0.482 e. The van der Waals surface area contributed by atoms with Crippen molar-refractivity contribution < 1.29 is 18.7 Å². The van der Waals surface area contributed by atoms with Gasteiger partial charge in [0.2, 0.25) is 5.89 Å². The maximum atomic E-state index is 11.9. The minimum absolute atomic E-state index is 0.0909. The van der Waals surface area contributed by atoms with Crippen LogP contribution in [0.1, 0.15) is 42.3 Å². The van der Waals surface area contributed by atoms with Crippen molar-refractivity contribution >= 4 is 5.97 Å². The Morgan fingerprint density at radius 1 is 1.11 bits per heavy atom. The van der Waals surface area contributed by atoms with Crippen molar-refractivity contribution in [1.29, 1.82) is 0 Å². The van der Waals surface area contributed by atoms with E-state index in [4.69, 9.17) is 13.9 Å². The maximum absolute atomic E-state index is 11.9. The van der Waals surface area contributed by atoms with E-state index in [1.165, 1.54) is 5.56 Å². The summed E-state index contributed by atoms with van der Waals surface area (Å²) in [4.78, 5) is 11.9. The number of ether oxygens (including phenoxy) is 2. The number of aryl methyl sites for hydroxylation is 2. The summed E-state index contributed by atoms with van der Waals surface area (Å²) >= 11 is 0. The van der Waals surface area contributed by atoms with Gasteiger partial charge in [0.05, 0.1) is 0 Å². The summed E-state index contributed by atoms with van der Waals surface area (Å²) in [6.45, 7) is 8.03.